The highest BCUT2D eigenvalue weighted by Gasteiger charge is 2.15. The van der Waals surface area contributed by atoms with Crippen molar-refractivity contribution in [1.29, 1.82) is 0 Å². The van der Waals surface area contributed by atoms with Gasteiger partial charge in [0.1, 0.15) is 6.54 Å². The predicted octanol–water partition coefficient (Wildman–Crippen LogP) is 2.32. The Kier molecular flexibility index (Phi) is 4.59. The van der Waals surface area contributed by atoms with Crippen LogP contribution in [0.15, 0.2) is 35.3 Å². The van der Waals surface area contributed by atoms with Crippen LogP contribution in [0.2, 0.25) is 0 Å². The summed E-state index contributed by atoms with van der Waals surface area (Å²) >= 11 is 0. The zero-order valence-electron chi connectivity index (χ0n) is 13.1. The molecule has 7 nitrogen and oxygen atoms in total. The molecule has 1 amide bonds. The van der Waals surface area contributed by atoms with Gasteiger partial charge in [-0.1, -0.05) is 6.07 Å². The number of nitrogens with zero attached hydrogens (tertiary/aromatic N) is 2. The van der Waals surface area contributed by atoms with Crippen molar-refractivity contribution in [3.63, 3.8) is 0 Å². The van der Waals surface area contributed by atoms with Crippen molar-refractivity contribution in [1.82, 2.24) is 4.57 Å². The minimum atomic E-state index is -0.577. The molecule has 1 aromatic carbocycles. The van der Waals surface area contributed by atoms with Crippen LogP contribution in [-0.2, 0) is 11.3 Å². The first-order valence-electron chi connectivity index (χ1n) is 7.00. The highest BCUT2D eigenvalue weighted by Crippen LogP contribution is 2.15. The number of benzene rings is 1. The smallest absolute Gasteiger partial charge is 0.288 e. The molecule has 2 rings (SSSR count). The van der Waals surface area contributed by atoms with E-state index in [2.05, 4.69) is 5.32 Å². The van der Waals surface area contributed by atoms with Gasteiger partial charge in [-0.3, -0.25) is 24.3 Å². The lowest BCUT2D eigenvalue weighted by Crippen LogP contribution is -2.27. The van der Waals surface area contributed by atoms with Crippen molar-refractivity contribution in [2.45, 2.75) is 27.3 Å². The van der Waals surface area contributed by atoms with Gasteiger partial charge in [-0.05, 0) is 44.0 Å². The molecule has 23 heavy (non-hydrogen) atoms. The maximum absolute atomic E-state index is 12.1. The van der Waals surface area contributed by atoms with Crippen LogP contribution >= 0.6 is 0 Å². The fourth-order valence-corrected chi connectivity index (χ4v) is 2.14. The van der Waals surface area contributed by atoms with Crippen molar-refractivity contribution in [3.05, 3.63) is 67.6 Å². The monoisotopic (exact) mass is 315 g/mol. The van der Waals surface area contributed by atoms with Crippen LogP contribution in [-0.4, -0.2) is 15.4 Å². The van der Waals surface area contributed by atoms with Gasteiger partial charge in [-0.2, -0.15) is 0 Å². The van der Waals surface area contributed by atoms with Gasteiger partial charge in [-0.15, -0.1) is 0 Å². The third-order valence-electron chi connectivity index (χ3n) is 3.61. The average Bonchev–Trinajstić information content (AvgIpc) is 2.45. The number of anilines is 1. The molecule has 0 atom stereocenters. The molecule has 0 radical (unpaired) electrons. The Balaban J connectivity index is 2.20. The molecule has 0 spiro atoms. The topological polar surface area (TPSA) is 94.2 Å². The molecule has 1 heterocycles. The van der Waals surface area contributed by atoms with Crippen LogP contribution in [0.3, 0.4) is 0 Å². The Morgan fingerprint density at radius 2 is 1.87 bits per heavy atom. The Hall–Kier alpha value is -2.96. The molecule has 120 valence electrons. The zero-order chi connectivity index (χ0) is 17.1. The molecule has 0 aliphatic rings. The summed E-state index contributed by atoms with van der Waals surface area (Å²) in [4.78, 5) is 34.3. The quantitative estimate of drug-likeness (QED) is 0.692. The minimum Gasteiger partial charge on any atom is -0.325 e. The summed E-state index contributed by atoms with van der Waals surface area (Å²) in [6.45, 7) is 5.09. The van der Waals surface area contributed by atoms with Crippen LogP contribution in [0, 0.1) is 30.9 Å². The lowest BCUT2D eigenvalue weighted by molar-refractivity contribution is -0.385. The number of hydrogen-bond donors (Lipinski definition) is 1. The lowest BCUT2D eigenvalue weighted by atomic mass is 10.1. The fourth-order valence-electron chi connectivity index (χ4n) is 2.14. The number of nitrogens with one attached hydrogen (secondary N) is 1. The summed E-state index contributed by atoms with van der Waals surface area (Å²) in [5, 5.41) is 13.6. The molecular weight excluding hydrogens is 298 g/mol. The number of amides is 1. The van der Waals surface area contributed by atoms with E-state index in [1.165, 1.54) is 6.92 Å². The maximum atomic E-state index is 12.1. The second-order valence-electron chi connectivity index (χ2n) is 5.41. The van der Waals surface area contributed by atoms with Crippen molar-refractivity contribution in [3.8, 4) is 0 Å². The van der Waals surface area contributed by atoms with E-state index >= 15 is 0 Å². The van der Waals surface area contributed by atoms with E-state index in [1.807, 2.05) is 26.0 Å². The zero-order valence-corrected chi connectivity index (χ0v) is 13.1. The summed E-state index contributed by atoms with van der Waals surface area (Å²) in [6, 6.07) is 6.63. The maximum Gasteiger partial charge on any atom is 0.288 e. The van der Waals surface area contributed by atoms with Gasteiger partial charge < -0.3 is 5.32 Å². The third kappa shape index (κ3) is 3.82. The number of aromatic nitrogens is 1. The second-order valence-corrected chi connectivity index (χ2v) is 5.41. The highest BCUT2D eigenvalue weighted by atomic mass is 16.6. The van der Waals surface area contributed by atoms with Crippen molar-refractivity contribution in [2.75, 3.05) is 5.32 Å². The first kappa shape index (κ1) is 16.4. The summed E-state index contributed by atoms with van der Waals surface area (Å²) in [7, 11) is 0. The van der Waals surface area contributed by atoms with Crippen LogP contribution in [0.5, 0.6) is 0 Å². The number of nitro groups is 1. The molecule has 0 unspecified atom stereocenters. The van der Waals surface area contributed by atoms with Crippen LogP contribution in [0.25, 0.3) is 0 Å². The number of carbonyl (C=O) groups excluding carboxylic acids is 1. The average molecular weight is 315 g/mol. The van der Waals surface area contributed by atoms with Crippen LogP contribution in [0.1, 0.15) is 16.7 Å². The van der Waals surface area contributed by atoms with E-state index in [4.69, 9.17) is 0 Å². The SMILES string of the molecule is Cc1ccc(NC(=O)Cn2cc([N+](=O)[O-])c(C)cc2=O)cc1C. The van der Waals surface area contributed by atoms with Gasteiger partial charge in [0, 0.05) is 17.3 Å². The third-order valence-corrected chi connectivity index (χ3v) is 3.61. The molecule has 0 saturated carbocycles. The number of hydrogen-bond acceptors (Lipinski definition) is 4. The number of pyridine rings is 1. The first-order chi connectivity index (χ1) is 10.8. The number of carbonyl (C=O) groups is 1. The molecule has 0 aliphatic heterocycles. The van der Waals surface area contributed by atoms with Gasteiger partial charge in [0.05, 0.1) is 11.1 Å². The summed E-state index contributed by atoms with van der Waals surface area (Å²) in [6.07, 6.45) is 1.09. The molecule has 0 aliphatic carbocycles. The minimum absolute atomic E-state index is 0.191. The fraction of sp³-hybridized carbons (Fsp3) is 0.250. The Labute approximate surface area is 132 Å². The Bertz CT molecular complexity index is 840. The lowest BCUT2D eigenvalue weighted by Gasteiger charge is -2.09. The molecule has 2 aromatic rings. The molecule has 1 N–H and O–H groups in total. The molecule has 1 aromatic heterocycles. The van der Waals surface area contributed by atoms with E-state index in [1.54, 1.807) is 6.07 Å². The molecule has 7 heteroatoms. The van der Waals surface area contributed by atoms with Crippen molar-refractivity contribution in [2.24, 2.45) is 0 Å². The Morgan fingerprint density at radius 3 is 2.48 bits per heavy atom. The van der Waals surface area contributed by atoms with Gasteiger partial charge >= 0.3 is 0 Å². The van der Waals surface area contributed by atoms with Gasteiger partial charge in [0.2, 0.25) is 5.91 Å². The van der Waals surface area contributed by atoms with Crippen LogP contribution in [0.4, 0.5) is 11.4 Å². The highest BCUT2D eigenvalue weighted by molar-refractivity contribution is 5.90. The van der Waals surface area contributed by atoms with E-state index < -0.39 is 16.4 Å². The number of aryl methyl sites for hydroxylation is 3. The molecule has 0 fully saturated rings. The standard InChI is InChI=1S/C16H17N3O4/c1-10-4-5-13(6-11(10)2)17-15(20)9-18-8-14(19(22)23)12(3)7-16(18)21/h4-8H,9H2,1-3H3,(H,17,20). The van der Waals surface area contributed by atoms with E-state index in [0.717, 1.165) is 28.0 Å². The normalized spacial score (nSPS) is 10.4. The molecular formula is C16H17N3O4. The molecule has 0 saturated heterocycles. The van der Waals surface area contributed by atoms with E-state index in [-0.39, 0.29) is 17.8 Å². The summed E-state index contributed by atoms with van der Waals surface area (Å²) in [5.74, 6) is -0.423. The van der Waals surface area contributed by atoms with Gasteiger partial charge in [-0.25, -0.2) is 0 Å². The second kappa shape index (κ2) is 6.43. The Morgan fingerprint density at radius 1 is 1.17 bits per heavy atom. The summed E-state index contributed by atoms with van der Waals surface area (Å²) < 4.78 is 1.03. The predicted molar refractivity (Wildman–Crippen MR) is 86.6 cm³/mol. The molecule has 0 bridgehead atoms. The van der Waals surface area contributed by atoms with Crippen molar-refractivity contribution < 1.29 is 9.72 Å². The number of rotatable bonds is 4. The van der Waals surface area contributed by atoms with E-state index in [0.29, 0.717) is 5.69 Å². The summed E-state index contributed by atoms with van der Waals surface area (Å²) in [5.41, 5.74) is 2.38. The first-order valence-corrected chi connectivity index (χ1v) is 7.00. The van der Waals surface area contributed by atoms with E-state index in [9.17, 15) is 19.7 Å². The van der Waals surface area contributed by atoms with Gasteiger partial charge in [0.15, 0.2) is 0 Å². The van der Waals surface area contributed by atoms with Gasteiger partial charge in [0.25, 0.3) is 11.2 Å². The van der Waals surface area contributed by atoms with Crippen LogP contribution < -0.4 is 10.9 Å². The van der Waals surface area contributed by atoms with Crippen molar-refractivity contribution >= 4 is 17.3 Å². The largest absolute Gasteiger partial charge is 0.325 e.